The van der Waals surface area contributed by atoms with E-state index in [-0.39, 0.29) is 11.5 Å². The van der Waals surface area contributed by atoms with Crippen molar-refractivity contribution in [1.82, 2.24) is 0 Å². The first kappa shape index (κ1) is 21.7. The Morgan fingerprint density at radius 3 is 2.41 bits per heavy atom. The highest BCUT2D eigenvalue weighted by atomic mass is 16.3. The first-order chi connectivity index (χ1) is 13.7. The van der Waals surface area contributed by atoms with Crippen LogP contribution in [-0.2, 0) is 0 Å². The number of fused-ring (bicyclic) bond motifs is 5. The number of hydrogen-bond acceptors (Lipinski definition) is 2. The molecule has 166 valence electrons. The standard InChI is InChI=1S/C27H46O2/c1-17(2)7-6-8-18(3)21-9-10-22-20-16-25(29)24-15-19(28)11-13-27(24,5)23(20)12-14-26(21,22)4/h17-23,28-29H,6-16H2,1-5H3/t18?,19?,20?,21?,22?,23?,26-,27-/m1/s1. The summed E-state index contributed by atoms with van der Waals surface area (Å²) in [5.74, 6) is 5.35. The van der Waals surface area contributed by atoms with Crippen LogP contribution in [0.3, 0.4) is 0 Å². The van der Waals surface area contributed by atoms with Crippen LogP contribution < -0.4 is 0 Å². The van der Waals surface area contributed by atoms with Gasteiger partial charge >= 0.3 is 0 Å². The predicted molar refractivity (Wildman–Crippen MR) is 121 cm³/mol. The fourth-order valence-electron chi connectivity index (χ4n) is 8.78. The molecule has 0 aromatic carbocycles. The summed E-state index contributed by atoms with van der Waals surface area (Å²) in [7, 11) is 0. The number of rotatable bonds is 5. The van der Waals surface area contributed by atoms with Crippen LogP contribution in [0.1, 0.15) is 105 Å². The Balaban J connectivity index is 1.53. The molecule has 0 radical (unpaired) electrons. The Kier molecular flexibility index (Phi) is 5.90. The maximum atomic E-state index is 11.0. The quantitative estimate of drug-likeness (QED) is 0.507. The van der Waals surface area contributed by atoms with Crippen LogP contribution in [0.5, 0.6) is 0 Å². The largest absolute Gasteiger partial charge is 0.512 e. The van der Waals surface area contributed by atoms with Crippen LogP contribution in [0.15, 0.2) is 11.3 Å². The molecule has 0 heterocycles. The van der Waals surface area contributed by atoms with E-state index in [1.807, 2.05) is 0 Å². The number of hydrogen-bond donors (Lipinski definition) is 2. The zero-order valence-corrected chi connectivity index (χ0v) is 19.7. The lowest BCUT2D eigenvalue weighted by Crippen LogP contribution is -2.51. The summed E-state index contributed by atoms with van der Waals surface area (Å²) >= 11 is 0. The Hall–Kier alpha value is -0.500. The van der Waals surface area contributed by atoms with Crippen LogP contribution in [0, 0.1) is 46.3 Å². The zero-order chi connectivity index (χ0) is 21.0. The average molecular weight is 403 g/mol. The maximum Gasteiger partial charge on any atom is 0.0924 e. The van der Waals surface area contributed by atoms with E-state index in [1.54, 1.807) is 0 Å². The molecule has 0 aromatic rings. The van der Waals surface area contributed by atoms with Gasteiger partial charge in [-0.3, -0.25) is 0 Å². The monoisotopic (exact) mass is 402 g/mol. The minimum Gasteiger partial charge on any atom is -0.512 e. The number of allylic oxidation sites excluding steroid dienone is 1. The Morgan fingerprint density at radius 2 is 1.69 bits per heavy atom. The normalized spacial score (nSPS) is 45.7. The highest BCUT2D eigenvalue weighted by Gasteiger charge is 2.60. The minimum absolute atomic E-state index is 0.133. The van der Waals surface area contributed by atoms with Gasteiger partial charge in [0.05, 0.1) is 11.9 Å². The maximum absolute atomic E-state index is 11.0. The van der Waals surface area contributed by atoms with Gasteiger partial charge in [0.25, 0.3) is 0 Å². The van der Waals surface area contributed by atoms with Gasteiger partial charge in [-0.25, -0.2) is 0 Å². The highest BCUT2D eigenvalue weighted by Crippen LogP contribution is 2.68. The van der Waals surface area contributed by atoms with Crippen molar-refractivity contribution in [3.8, 4) is 0 Å². The molecule has 3 fully saturated rings. The van der Waals surface area contributed by atoms with E-state index in [9.17, 15) is 10.2 Å². The third-order valence-corrected chi connectivity index (χ3v) is 10.4. The first-order valence-electron chi connectivity index (χ1n) is 12.8. The lowest BCUT2D eigenvalue weighted by Gasteiger charge is -2.58. The van der Waals surface area contributed by atoms with Gasteiger partial charge in [0.15, 0.2) is 0 Å². The lowest BCUT2D eigenvalue weighted by atomic mass is 9.46. The van der Waals surface area contributed by atoms with Crippen molar-refractivity contribution in [3.05, 3.63) is 11.3 Å². The van der Waals surface area contributed by atoms with Gasteiger partial charge in [0.1, 0.15) is 0 Å². The molecule has 0 spiro atoms. The SMILES string of the molecule is CC(C)CCCC(C)C1CCC2C3CC(O)=C4CC(O)CC[C@]4(C)C3CC[C@]12C. The van der Waals surface area contributed by atoms with Crippen molar-refractivity contribution in [3.63, 3.8) is 0 Å². The molecule has 0 aromatic heterocycles. The molecule has 0 bridgehead atoms. The molecule has 2 heteroatoms. The second-order valence-electron chi connectivity index (χ2n) is 12.4. The zero-order valence-electron chi connectivity index (χ0n) is 19.7. The van der Waals surface area contributed by atoms with Crippen molar-refractivity contribution in [2.75, 3.05) is 0 Å². The van der Waals surface area contributed by atoms with Crippen molar-refractivity contribution in [1.29, 1.82) is 0 Å². The van der Waals surface area contributed by atoms with Gasteiger partial charge in [-0.05, 0) is 96.9 Å². The van der Waals surface area contributed by atoms with E-state index < -0.39 is 0 Å². The van der Waals surface area contributed by atoms with Crippen LogP contribution >= 0.6 is 0 Å². The smallest absolute Gasteiger partial charge is 0.0924 e. The summed E-state index contributed by atoms with van der Waals surface area (Å²) in [6.07, 6.45) is 13.0. The molecule has 4 aliphatic carbocycles. The van der Waals surface area contributed by atoms with Gasteiger partial charge in [0.2, 0.25) is 0 Å². The fourth-order valence-corrected chi connectivity index (χ4v) is 8.78. The summed E-state index contributed by atoms with van der Waals surface area (Å²) in [6.45, 7) is 12.3. The van der Waals surface area contributed by atoms with Crippen LogP contribution in [0.25, 0.3) is 0 Å². The Labute approximate surface area is 179 Å². The molecule has 4 rings (SSSR count). The van der Waals surface area contributed by atoms with Gasteiger partial charge < -0.3 is 10.2 Å². The highest BCUT2D eigenvalue weighted by molar-refractivity contribution is 5.28. The van der Waals surface area contributed by atoms with Gasteiger partial charge in [-0.2, -0.15) is 0 Å². The molecule has 29 heavy (non-hydrogen) atoms. The van der Waals surface area contributed by atoms with Gasteiger partial charge in [-0.15, -0.1) is 0 Å². The second kappa shape index (κ2) is 7.88. The Bertz CT molecular complexity index is 636. The van der Waals surface area contributed by atoms with E-state index in [0.29, 0.717) is 29.4 Å². The molecule has 0 aliphatic heterocycles. The summed E-state index contributed by atoms with van der Waals surface area (Å²) in [6, 6.07) is 0. The van der Waals surface area contributed by atoms with E-state index in [2.05, 4.69) is 34.6 Å². The summed E-state index contributed by atoms with van der Waals surface area (Å²) in [5.41, 5.74) is 1.83. The Morgan fingerprint density at radius 1 is 0.931 bits per heavy atom. The van der Waals surface area contributed by atoms with E-state index >= 15 is 0 Å². The van der Waals surface area contributed by atoms with E-state index in [4.69, 9.17) is 0 Å². The molecule has 2 N–H and O–H groups in total. The molecule has 3 saturated carbocycles. The topological polar surface area (TPSA) is 40.5 Å². The number of aliphatic hydroxyl groups excluding tert-OH is 2. The predicted octanol–water partition coefficient (Wildman–Crippen LogP) is 7.27. The molecule has 0 saturated heterocycles. The summed E-state index contributed by atoms with van der Waals surface area (Å²) in [4.78, 5) is 0. The molecule has 6 unspecified atom stereocenters. The van der Waals surface area contributed by atoms with Crippen molar-refractivity contribution in [2.24, 2.45) is 46.3 Å². The average Bonchev–Trinajstić information content (AvgIpc) is 3.00. The molecule has 2 nitrogen and oxygen atoms in total. The third kappa shape index (κ3) is 3.60. The third-order valence-electron chi connectivity index (χ3n) is 10.4. The van der Waals surface area contributed by atoms with Crippen LogP contribution in [0.4, 0.5) is 0 Å². The first-order valence-corrected chi connectivity index (χ1v) is 12.8. The molecular formula is C27H46O2. The lowest BCUT2D eigenvalue weighted by molar-refractivity contribution is -0.0663. The summed E-state index contributed by atoms with van der Waals surface area (Å²) in [5, 5.41) is 21.3. The van der Waals surface area contributed by atoms with Crippen molar-refractivity contribution < 1.29 is 10.2 Å². The van der Waals surface area contributed by atoms with Gasteiger partial charge in [-0.1, -0.05) is 53.9 Å². The van der Waals surface area contributed by atoms with Gasteiger partial charge in [0, 0.05) is 6.42 Å². The minimum atomic E-state index is -0.242. The van der Waals surface area contributed by atoms with Crippen LogP contribution in [-0.4, -0.2) is 16.3 Å². The van der Waals surface area contributed by atoms with Crippen molar-refractivity contribution in [2.45, 2.75) is 111 Å². The van der Waals surface area contributed by atoms with E-state index in [1.165, 1.54) is 50.5 Å². The molecule has 8 atom stereocenters. The van der Waals surface area contributed by atoms with Crippen LogP contribution in [0.2, 0.25) is 0 Å². The molecule has 0 amide bonds. The second-order valence-corrected chi connectivity index (χ2v) is 12.4. The fraction of sp³-hybridized carbons (Fsp3) is 0.926. The molecule has 4 aliphatic rings. The number of aliphatic hydroxyl groups is 2. The van der Waals surface area contributed by atoms with Crippen molar-refractivity contribution >= 4 is 0 Å². The molecular weight excluding hydrogens is 356 g/mol. The summed E-state index contributed by atoms with van der Waals surface area (Å²) < 4.78 is 0. The van der Waals surface area contributed by atoms with E-state index in [0.717, 1.165) is 42.9 Å².